The fourth-order valence-electron chi connectivity index (χ4n) is 1.20. The van der Waals surface area contributed by atoms with Gasteiger partial charge in [-0.05, 0) is 29.1 Å². The highest BCUT2D eigenvalue weighted by molar-refractivity contribution is 7.14. The molecule has 1 nitrogen and oxygen atoms in total. The van der Waals surface area contributed by atoms with Crippen LogP contribution in [0.25, 0.3) is 10.4 Å². The van der Waals surface area contributed by atoms with Crippen LogP contribution in [0.1, 0.15) is 0 Å². The number of phenolic OH excluding ortho intramolecular Hbond substituents is 1. The molecule has 1 aromatic carbocycles. The Labute approximate surface area is 89.4 Å². The van der Waals surface area contributed by atoms with E-state index < -0.39 is 5.82 Å². The topological polar surface area (TPSA) is 20.2 Å². The minimum absolute atomic E-state index is 0.0931. The number of aromatic hydroxyl groups is 1. The van der Waals surface area contributed by atoms with Gasteiger partial charge in [0.1, 0.15) is 11.6 Å². The number of rotatable bonds is 1. The summed E-state index contributed by atoms with van der Waals surface area (Å²) in [5, 5.41) is 11.6. The fourth-order valence-corrected chi connectivity index (χ4v) is 2.36. The second-order valence-electron chi connectivity index (χ2n) is 2.80. The van der Waals surface area contributed by atoms with E-state index in [0.717, 1.165) is 10.9 Å². The second-order valence-corrected chi connectivity index (χ2v) is 4.12. The van der Waals surface area contributed by atoms with E-state index in [4.69, 9.17) is 11.6 Å². The SMILES string of the molecule is Oc1cc(F)cc(-c2sccc2Cl)c1. The van der Waals surface area contributed by atoms with Crippen LogP contribution in [0.4, 0.5) is 4.39 Å². The van der Waals surface area contributed by atoms with E-state index in [0.29, 0.717) is 10.6 Å². The van der Waals surface area contributed by atoms with Crippen LogP contribution in [0.2, 0.25) is 5.02 Å². The quantitative estimate of drug-likeness (QED) is 0.785. The lowest BCUT2D eigenvalue weighted by Gasteiger charge is -2.00. The third kappa shape index (κ3) is 1.74. The van der Waals surface area contributed by atoms with Crippen molar-refractivity contribution in [3.63, 3.8) is 0 Å². The Kier molecular flexibility index (Phi) is 2.44. The zero-order valence-corrected chi connectivity index (χ0v) is 8.57. The van der Waals surface area contributed by atoms with Crippen LogP contribution in [0.15, 0.2) is 29.6 Å². The average molecular weight is 229 g/mol. The zero-order chi connectivity index (χ0) is 10.1. The van der Waals surface area contributed by atoms with E-state index in [1.807, 2.05) is 5.38 Å². The summed E-state index contributed by atoms with van der Waals surface area (Å²) < 4.78 is 13.0. The van der Waals surface area contributed by atoms with Crippen molar-refractivity contribution in [1.29, 1.82) is 0 Å². The smallest absolute Gasteiger partial charge is 0.127 e. The zero-order valence-electron chi connectivity index (χ0n) is 7.00. The molecule has 14 heavy (non-hydrogen) atoms. The first-order valence-corrected chi connectivity index (χ1v) is 5.15. The highest BCUT2D eigenvalue weighted by atomic mass is 35.5. The van der Waals surface area contributed by atoms with Crippen LogP contribution < -0.4 is 0 Å². The minimum atomic E-state index is -0.468. The molecular formula is C10H6ClFOS. The Morgan fingerprint density at radius 1 is 1.29 bits per heavy atom. The van der Waals surface area contributed by atoms with E-state index >= 15 is 0 Å². The van der Waals surface area contributed by atoms with Crippen molar-refractivity contribution in [2.45, 2.75) is 0 Å². The Bertz CT molecular complexity index is 447. The lowest BCUT2D eigenvalue weighted by atomic mass is 10.2. The summed E-state index contributed by atoms with van der Waals surface area (Å²) in [6.07, 6.45) is 0. The van der Waals surface area contributed by atoms with Crippen molar-refractivity contribution in [2.75, 3.05) is 0 Å². The van der Waals surface area contributed by atoms with Crippen molar-refractivity contribution >= 4 is 22.9 Å². The summed E-state index contributed by atoms with van der Waals surface area (Å²) in [6, 6.07) is 5.63. The molecule has 0 saturated heterocycles. The van der Waals surface area contributed by atoms with Crippen LogP contribution in [-0.2, 0) is 0 Å². The van der Waals surface area contributed by atoms with Crippen LogP contribution in [-0.4, -0.2) is 5.11 Å². The Balaban J connectivity index is 2.57. The molecule has 2 aromatic rings. The van der Waals surface area contributed by atoms with E-state index in [9.17, 15) is 9.50 Å². The standard InChI is InChI=1S/C10H6ClFOS/c11-9-1-2-14-10(9)6-3-7(12)5-8(13)4-6/h1-5,13H. The molecule has 0 amide bonds. The Hall–Kier alpha value is -1.06. The highest BCUT2D eigenvalue weighted by Gasteiger charge is 2.07. The number of phenols is 1. The van der Waals surface area contributed by atoms with Crippen molar-refractivity contribution in [3.05, 3.63) is 40.5 Å². The molecule has 0 spiro atoms. The molecule has 1 aromatic heterocycles. The monoisotopic (exact) mass is 228 g/mol. The number of thiophene rings is 1. The fraction of sp³-hybridized carbons (Fsp3) is 0. The van der Waals surface area contributed by atoms with Crippen LogP contribution in [0, 0.1) is 5.82 Å². The van der Waals surface area contributed by atoms with Crippen LogP contribution >= 0.6 is 22.9 Å². The molecule has 0 unspecified atom stereocenters. The maximum atomic E-state index is 13.0. The summed E-state index contributed by atoms with van der Waals surface area (Å²) >= 11 is 7.30. The summed E-state index contributed by atoms with van der Waals surface area (Å²) in [7, 11) is 0. The third-order valence-electron chi connectivity index (χ3n) is 1.76. The van der Waals surface area contributed by atoms with E-state index in [2.05, 4.69) is 0 Å². The number of halogens is 2. The number of hydrogen-bond acceptors (Lipinski definition) is 2. The lowest BCUT2D eigenvalue weighted by Crippen LogP contribution is -1.78. The molecule has 0 bridgehead atoms. The molecule has 0 radical (unpaired) electrons. The molecule has 4 heteroatoms. The molecule has 0 aliphatic heterocycles. The van der Waals surface area contributed by atoms with Gasteiger partial charge in [0.25, 0.3) is 0 Å². The Morgan fingerprint density at radius 3 is 2.64 bits per heavy atom. The molecule has 0 atom stereocenters. The van der Waals surface area contributed by atoms with Crippen LogP contribution in [0.5, 0.6) is 5.75 Å². The lowest BCUT2D eigenvalue weighted by molar-refractivity contribution is 0.469. The van der Waals surface area contributed by atoms with Gasteiger partial charge in [-0.25, -0.2) is 4.39 Å². The van der Waals surface area contributed by atoms with E-state index in [1.54, 1.807) is 6.07 Å². The van der Waals surface area contributed by atoms with Gasteiger partial charge in [0.05, 0.1) is 9.90 Å². The minimum Gasteiger partial charge on any atom is -0.508 e. The third-order valence-corrected chi connectivity index (χ3v) is 3.15. The van der Waals surface area contributed by atoms with Gasteiger partial charge in [0.2, 0.25) is 0 Å². The molecule has 72 valence electrons. The maximum absolute atomic E-state index is 13.0. The van der Waals surface area contributed by atoms with Gasteiger partial charge < -0.3 is 5.11 Å². The first kappa shape index (κ1) is 9.49. The number of hydrogen-bond donors (Lipinski definition) is 1. The highest BCUT2D eigenvalue weighted by Crippen LogP contribution is 2.34. The van der Waals surface area contributed by atoms with Gasteiger partial charge in [-0.2, -0.15) is 0 Å². The first-order valence-electron chi connectivity index (χ1n) is 3.90. The van der Waals surface area contributed by atoms with Gasteiger partial charge in [-0.3, -0.25) is 0 Å². The van der Waals surface area contributed by atoms with Crippen molar-refractivity contribution in [2.24, 2.45) is 0 Å². The van der Waals surface area contributed by atoms with Crippen molar-refractivity contribution in [1.82, 2.24) is 0 Å². The first-order chi connectivity index (χ1) is 6.66. The molecule has 0 aliphatic carbocycles. The van der Waals surface area contributed by atoms with Gasteiger partial charge in [0.15, 0.2) is 0 Å². The van der Waals surface area contributed by atoms with E-state index in [-0.39, 0.29) is 5.75 Å². The molecular weight excluding hydrogens is 223 g/mol. The maximum Gasteiger partial charge on any atom is 0.127 e. The predicted octanol–water partition coefficient (Wildman–Crippen LogP) is 3.91. The summed E-state index contributed by atoms with van der Waals surface area (Å²) in [4.78, 5) is 0.765. The van der Waals surface area contributed by atoms with Gasteiger partial charge >= 0.3 is 0 Å². The van der Waals surface area contributed by atoms with Gasteiger partial charge in [0, 0.05) is 6.07 Å². The summed E-state index contributed by atoms with van der Waals surface area (Å²) in [5.74, 6) is -0.561. The molecule has 0 aliphatic rings. The molecule has 1 heterocycles. The van der Waals surface area contributed by atoms with Gasteiger partial charge in [-0.15, -0.1) is 11.3 Å². The summed E-state index contributed by atoms with van der Waals surface area (Å²) in [5.41, 5.74) is 0.600. The Morgan fingerprint density at radius 2 is 2.07 bits per heavy atom. The molecule has 2 rings (SSSR count). The largest absolute Gasteiger partial charge is 0.508 e. The van der Waals surface area contributed by atoms with E-state index in [1.165, 1.54) is 23.5 Å². The van der Waals surface area contributed by atoms with Crippen molar-refractivity contribution in [3.8, 4) is 16.2 Å². The number of benzene rings is 1. The second kappa shape index (κ2) is 3.59. The predicted molar refractivity (Wildman–Crippen MR) is 56.4 cm³/mol. The summed E-state index contributed by atoms with van der Waals surface area (Å²) in [6.45, 7) is 0. The molecule has 1 N–H and O–H groups in total. The van der Waals surface area contributed by atoms with Crippen molar-refractivity contribution < 1.29 is 9.50 Å². The molecule has 0 fully saturated rings. The van der Waals surface area contributed by atoms with Crippen LogP contribution in [0.3, 0.4) is 0 Å². The molecule has 0 saturated carbocycles. The average Bonchev–Trinajstić information content (AvgIpc) is 2.49. The normalized spacial score (nSPS) is 10.4. The van der Waals surface area contributed by atoms with Gasteiger partial charge in [-0.1, -0.05) is 11.6 Å².